The number of nitriles is 1. The number of nitrogens with zero attached hydrogens (tertiary/aromatic N) is 7. The summed E-state index contributed by atoms with van der Waals surface area (Å²) in [6.45, 7) is 4.10. The zero-order chi connectivity index (χ0) is 22.8. The first-order valence-corrected chi connectivity index (χ1v) is 12.2. The summed E-state index contributed by atoms with van der Waals surface area (Å²) in [6.07, 6.45) is 3.35. The fourth-order valence-corrected chi connectivity index (χ4v) is 5.77. The van der Waals surface area contributed by atoms with Gasteiger partial charge in [-0.3, -0.25) is 0 Å². The van der Waals surface area contributed by atoms with Gasteiger partial charge in [0.15, 0.2) is 0 Å². The van der Waals surface area contributed by atoms with Gasteiger partial charge in [0, 0.05) is 0 Å². The van der Waals surface area contributed by atoms with Gasteiger partial charge >= 0.3 is 193 Å². The van der Waals surface area contributed by atoms with E-state index in [2.05, 4.69) is 23.0 Å². The molecule has 0 aliphatic rings. The average molecular weight is 490 g/mol. The molecule has 2 unspecified atom stereocenters. The van der Waals surface area contributed by atoms with Gasteiger partial charge in [0.05, 0.1) is 0 Å². The minimum absolute atomic E-state index is 0.0148. The van der Waals surface area contributed by atoms with Crippen LogP contribution in [0.25, 0.3) is 5.52 Å². The Labute approximate surface area is 192 Å². The number of aryl methyl sites for hydroxylation is 1. The summed E-state index contributed by atoms with van der Waals surface area (Å²) >= 11 is -0.899. The number of hydrogen-bond donors (Lipinski definition) is 1. The summed E-state index contributed by atoms with van der Waals surface area (Å²) in [6, 6.07) is 12.0. The van der Waals surface area contributed by atoms with E-state index in [1.54, 1.807) is 7.11 Å². The van der Waals surface area contributed by atoms with Crippen molar-refractivity contribution >= 4 is 43.1 Å². The van der Waals surface area contributed by atoms with Gasteiger partial charge in [-0.15, -0.1) is 0 Å². The second kappa shape index (κ2) is 8.85. The fraction of sp³-hybridized carbons (Fsp3) is 0.227. The molecule has 0 spiro atoms. The molecule has 0 fully saturated rings. The molecule has 0 aliphatic carbocycles. The van der Waals surface area contributed by atoms with Gasteiger partial charge in [-0.05, 0) is 0 Å². The van der Waals surface area contributed by atoms with Gasteiger partial charge in [0.1, 0.15) is 0 Å². The van der Waals surface area contributed by atoms with Crippen molar-refractivity contribution in [3.8, 4) is 11.8 Å². The van der Waals surface area contributed by atoms with E-state index in [4.69, 9.17) is 20.6 Å². The van der Waals surface area contributed by atoms with Crippen LogP contribution in [0.4, 0.5) is 17.3 Å². The zero-order valence-corrected chi connectivity index (χ0v) is 20.3. The Kier molecular flexibility index (Phi) is 5.97. The van der Waals surface area contributed by atoms with Crippen molar-refractivity contribution in [3.05, 3.63) is 59.8 Å². The molecule has 10 heteroatoms. The second-order valence-electron chi connectivity index (χ2n) is 7.31. The van der Waals surface area contributed by atoms with Crippen molar-refractivity contribution in [3.63, 3.8) is 0 Å². The Bertz CT molecular complexity index is 1330. The average Bonchev–Trinajstić information content (AvgIpc) is 3.19. The van der Waals surface area contributed by atoms with Crippen LogP contribution < -0.4 is 19.9 Å². The summed E-state index contributed by atoms with van der Waals surface area (Å²) in [5.74, 6) is 2.48. The third-order valence-electron chi connectivity index (χ3n) is 5.20. The molecule has 0 radical (unpaired) electrons. The maximum atomic E-state index is 9.47. The van der Waals surface area contributed by atoms with E-state index in [0.29, 0.717) is 15.9 Å². The van der Waals surface area contributed by atoms with Crippen molar-refractivity contribution in [2.45, 2.75) is 18.6 Å². The summed E-state index contributed by atoms with van der Waals surface area (Å²) in [5, 5.41) is 14.2. The molecule has 3 aromatic heterocycles. The van der Waals surface area contributed by atoms with Crippen LogP contribution in [0.15, 0.2) is 42.9 Å². The quantitative estimate of drug-likeness (QED) is 0.407. The Morgan fingerprint density at radius 2 is 2.09 bits per heavy atom. The van der Waals surface area contributed by atoms with Crippen LogP contribution in [0.1, 0.15) is 28.6 Å². The molecule has 0 aliphatic heterocycles. The third kappa shape index (κ3) is 3.97. The molecule has 162 valence electrons. The molecule has 0 bridgehead atoms. The third-order valence-corrected chi connectivity index (χ3v) is 8.02. The van der Waals surface area contributed by atoms with Crippen molar-refractivity contribution in [2.24, 2.45) is 0 Å². The first kappa shape index (κ1) is 21.6. The summed E-state index contributed by atoms with van der Waals surface area (Å²) < 4.78 is 7.98. The molecule has 4 aromatic rings. The predicted octanol–water partition coefficient (Wildman–Crippen LogP) is 1.88. The number of methoxy groups -OCH3 is 1. The Morgan fingerprint density at radius 3 is 2.84 bits per heavy atom. The van der Waals surface area contributed by atoms with Gasteiger partial charge < -0.3 is 0 Å². The molecule has 3 heterocycles. The van der Waals surface area contributed by atoms with E-state index in [0.717, 1.165) is 28.3 Å². The number of ether oxygens (including phenoxy) is 1. The number of benzene rings is 1. The van der Waals surface area contributed by atoms with Gasteiger partial charge in [0.2, 0.25) is 0 Å². The van der Waals surface area contributed by atoms with E-state index >= 15 is 0 Å². The molecule has 0 saturated heterocycles. The number of rotatable bonds is 6. The molecule has 9 nitrogen and oxygen atoms in total. The Hall–Kier alpha value is -3.63. The first-order chi connectivity index (χ1) is 15.4. The number of hydrogen-bond acceptors (Lipinski definition) is 8. The molecular formula is C22H23AsN8O. The monoisotopic (exact) mass is 490 g/mol. The van der Waals surface area contributed by atoms with E-state index < -0.39 is 15.8 Å². The van der Waals surface area contributed by atoms with Crippen LogP contribution in [0.3, 0.4) is 0 Å². The number of nitrogen functional groups attached to an aromatic ring is 1. The molecule has 4 rings (SSSR count). The summed E-state index contributed by atoms with van der Waals surface area (Å²) in [5.41, 5.74) is 9.20. The topological polar surface area (TPSA) is 118 Å². The van der Waals surface area contributed by atoms with Crippen molar-refractivity contribution in [1.82, 2.24) is 24.6 Å². The van der Waals surface area contributed by atoms with Crippen LogP contribution in [0, 0.1) is 18.3 Å². The normalized spacial score (nSPS) is 12.2. The molecule has 2 N–H and O–H groups in total. The molecule has 1 aromatic carbocycles. The minimum atomic E-state index is -0.899. The van der Waals surface area contributed by atoms with Crippen LogP contribution in [-0.4, -0.2) is 54.5 Å². The SMILES string of the molecule is COc1cccc(N(C)c2nc(C(C)[AsH]c3ncnc(N)c3C#N)nn3ccc(C)c23)c1. The molecule has 0 amide bonds. The predicted molar refractivity (Wildman–Crippen MR) is 125 cm³/mol. The summed E-state index contributed by atoms with van der Waals surface area (Å²) in [7, 11) is 3.63. The van der Waals surface area contributed by atoms with E-state index in [1.807, 2.05) is 59.9 Å². The van der Waals surface area contributed by atoms with Crippen LogP contribution in [0.2, 0.25) is 0 Å². The second-order valence-corrected chi connectivity index (χ2v) is 10.7. The number of aromatic nitrogens is 5. The van der Waals surface area contributed by atoms with Gasteiger partial charge in [-0.1, -0.05) is 0 Å². The standard InChI is InChI=1S/C22H23AsN8O/c1-13-8-9-31-18(13)22(30(3)15-6-5-7-16(10-15)32-4)28-21(29-31)14(2)23-19-17(11-24)20(25)27-12-26-19/h5-10,12,14,23H,1-4H3,(H2,25,26,27). The van der Waals surface area contributed by atoms with Gasteiger partial charge in [-0.2, -0.15) is 0 Å². The molecule has 0 saturated carbocycles. The molecule has 32 heavy (non-hydrogen) atoms. The van der Waals surface area contributed by atoms with Crippen LogP contribution >= 0.6 is 0 Å². The zero-order valence-electron chi connectivity index (χ0n) is 18.2. The van der Waals surface area contributed by atoms with Crippen molar-refractivity contribution in [1.29, 1.82) is 5.26 Å². The van der Waals surface area contributed by atoms with Crippen molar-refractivity contribution < 1.29 is 4.74 Å². The van der Waals surface area contributed by atoms with E-state index in [9.17, 15) is 5.26 Å². The Balaban J connectivity index is 1.77. The van der Waals surface area contributed by atoms with E-state index in [1.165, 1.54) is 6.33 Å². The number of anilines is 3. The number of nitrogens with two attached hydrogens (primary N) is 1. The fourth-order valence-electron chi connectivity index (χ4n) is 3.42. The van der Waals surface area contributed by atoms with Gasteiger partial charge in [0.25, 0.3) is 0 Å². The Morgan fingerprint density at radius 1 is 1.28 bits per heavy atom. The van der Waals surface area contributed by atoms with Crippen LogP contribution in [-0.2, 0) is 0 Å². The van der Waals surface area contributed by atoms with Crippen molar-refractivity contribution in [2.75, 3.05) is 24.8 Å². The molecular weight excluding hydrogens is 467 g/mol. The van der Waals surface area contributed by atoms with E-state index in [-0.39, 0.29) is 10.5 Å². The van der Waals surface area contributed by atoms with Gasteiger partial charge in [-0.25, -0.2) is 0 Å². The molecule has 2 atom stereocenters. The van der Waals surface area contributed by atoms with Crippen LogP contribution in [0.5, 0.6) is 5.75 Å². The maximum absolute atomic E-state index is 9.47. The number of fused-ring (bicyclic) bond motifs is 1. The first-order valence-electron chi connectivity index (χ1n) is 9.93. The summed E-state index contributed by atoms with van der Waals surface area (Å²) in [4.78, 5) is 15.3.